The van der Waals surface area contributed by atoms with Crippen LogP contribution in [0.2, 0.25) is 0 Å². The van der Waals surface area contributed by atoms with Crippen LogP contribution in [0, 0.1) is 0 Å². The Bertz CT molecular complexity index is 3410. The lowest BCUT2D eigenvalue weighted by atomic mass is 9.76. The first-order chi connectivity index (χ1) is 37.1. The van der Waals surface area contributed by atoms with Crippen LogP contribution >= 0.6 is 34.8 Å². The topological polar surface area (TPSA) is 171 Å². The molecule has 0 bridgehead atoms. The minimum Gasteiger partial charge on any atom is -0.465 e. The number of aromatic nitrogens is 2. The Kier molecular flexibility index (Phi) is 16.0. The van der Waals surface area contributed by atoms with E-state index in [0.29, 0.717) is 23.9 Å². The highest BCUT2D eigenvalue weighted by atomic mass is 35.5. The zero-order chi connectivity index (χ0) is 52.9. The number of nitrogens with one attached hydrogen (secondary N) is 3. The Labute approximate surface area is 453 Å². The monoisotopic (exact) mass is 1080 g/mol. The molecule has 3 N–H and O–H groups in total. The molecule has 4 aliphatic heterocycles. The third-order valence-electron chi connectivity index (χ3n) is 13.9. The number of nitrogens with zero attached hydrogens (tertiary/aromatic N) is 1. The molecule has 0 saturated heterocycles. The Hall–Kier alpha value is -7.33. The van der Waals surface area contributed by atoms with E-state index in [1.54, 1.807) is 6.92 Å². The lowest BCUT2D eigenvalue weighted by Crippen LogP contribution is -2.53. The Balaban J connectivity index is 0.000000160. The van der Waals surface area contributed by atoms with E-state index in [-0.39, 0.29) is 74.1 Å². The molecule has 6 aromatic carbocycles. The van der Waals surface area contributed by atoms with Gasteiger partial charge in [0.25, 0.3) is 0 Å². The molecule has 12 rings (SSSR count). The minimum atomic E-state index is -0.772. The van der Waals surface area contributed by atoms with Crippen molar-refractivity contribution in [3.8, 4) is 23.0 Å². The molecule has 4 aliphatic rings. The van der Waals surface area contributed by atoms with Crippen LogP contribution in [0.3, 0.4) is 0 Å². The van der Waals surface area contributed by atoms with E-state index in [1.165, 1.54) is 0 Å². The molecule has 8 aromatic rings. The highest BCUT2D eigenvalue weighted by molar-refractivity contribution is 6.67. The summed E-state index contributed by atoms with van der Waals surface area (Å²) in [6.45, 7) is 4.53. The van der Waals surface area contributed by atoms with Gasteiger partial charge in [-0.2, -0.15) is 0 Å². The largest absolute Gasteiger partial charge is 0.465 e. The maximum Gasteiger partial charge on any atom is 0.324 e. The summed E-state index contributed by atoms with van der Waals surface area (Å²) in [5, 5.41) is 5.24. The fourth-order valence-corrected chi connectivity index (χ4v) is 11.0. The summed E-state index contributed by atoms with van der Waals surface area (Å²) in [6, 6.07) is 46.0. The number of ketones is 1. The van der Waals surface area contributed by atoms with Gasteiger partial charge >= 0.3 is 11.9 Å². The van der Waals surface area contributed by atoms with Crippen LogP contribution in [0.5, 0.6) is 23.0 Å². The second-order valence-electron chi connectivity index (χ2n) is 18.3. The summed E-state index contributed by atoms with van der Waals surface area (Å²) in [6.07, 6.45) is 0. The summed E-state index contributed by atoms with van der Waals surface area (Å²) in [7, 11) is 0. The third kappa shape index (κ3) is 10.4. The van der Waals surface area contributed by atoms with Crippen molar-refractivity contribution < 1.29 is 47.6 Å². The molecule has 390 valence electrons. The van der Waals surface area contributed by atoms with Gasteiger partial charge in [0.15, 0.2) is 28.8 Å². The van der Waals surface area contributed by atoms with Gasteiger partial charge in [0.2, 0.25) is 18.8 Å². The number of para-hydroxylation sites is 2. The van der Waals surface area contributed by atoms with Crippen molar-refractivity contribution in [1.82, 2.24) is 20.2 Å². The molecule has 6 atom stereocenters. The van der Waals surface area contributed by atoms with Crippen molar-refractivity contribution in [1.29, 1.82) is 0 Å². The van der Waals surface area contributed by atoms with E-state index in [2.05, 4.69) is 45.6 Å². The number of benzene rings is 6. The summed E-state index contributed by atoms with van der Waals surface area (Å²) in [4.78, 5) is 58.7. The summed E-state index contributed by atoms with van der Waals surface area (Å²) >= 11 is 15.6. The second kappa shape index (κ2) is 23.3. The second-order valence-corrected chi connectivity index (χ2v) is 19.2. The Morgan fingerprint density at radius 2 is 1.05 bits per heavy atom. The number of halogens is 3. The van der Waals surface area contributed by atoms with Crippen LogP contribution in [0.1, 0.15) is 82.5 Å². The molecule has 17 heteroatoms. The van der Waals surface area contributed by atoms with Crippen molar-refractivity contribution in [2.45, 2.75) is 49.9 Å². The van der Waals surface area contributed by atoms with E-state index >= 15 is 0 Å². The Morgan fingerprint density at radius 3 is 1.62 bits per heavy atom. The van der Waals surface area contributed by atoms with Gasteiger partial charge in [-0.3, -0.25) is 29.4 Å². The van der Waals surface area contributed by atoms with Gasteiger partial charge < -0.3 is 38.4 Å². The molecule has 0 unspecified atom stereocenters. The van der Waals surface area contributed by atoms with Crippen LogP contribution < -0.4 is 24.3 Å². The van der Waals surface area contributed by atoms with E-state index < -0.39 is 23.4 Å². The molecule has 6 heterocycles. The third-order valence-corrected chi connectivity index (χ3v) is 14.7. The zero-order valence-electron chi connectivity index (χ0n) is 41.4. The van der Waals surface area contributed by atoms with Gasteiger partial charge in [0.1, 0.15) is 12.1 Å². The summed E-state index contributed by atoms with van der Waals surface area (Å²) in [5.74, 6) is 1.08. The van der Waals surface area contributed by atoms with Crippen molar-refractivity contribution in [3.63, 3.8) is 0 Å². The van der Waals surface area contributed by atoms with Crippen molar-refractivity contribution in [3.05, 3.63) is 190 Å². The van der Waals surface area contributed by atoms with E-state index in [1.807, 2.05) is 127 Å². The van der Waals surface area contributed by atoms with E-state index in [9.17, 15) is 19.2 Å². The molecule has 0 saturated carbocycles. The van der Waals surface area contributed by atoms with Crippen LogP contribution in [0.15, 0.2) is 146 Å². The smallest absolute Gasteiger partial charge is 0.324 e. The molecule has 76 heavy (non-hydrogen) atoms. The number of aromatic amines is 2. The maximum absolute atomic E-state index is 13.8. The number of rotatable bonds is 12. The fraction of sp³-hybridized carbons (Fsp3) is 0.254. The lowest BCUT2D eigenvalue weighted by Gasteiger charge is -2.45. The fourth-order valence-electron chi connectivity index (χ4n) is 10.9. The molecule has 0 spiro atoms. The molecule has 14 nitrogen and oxygen atoms in total. The number of carbonyl (C=O) groups is 4. The highest BCUT2D eigenvalue weighted by Crippen LogP contribution is 2.51. The molecule has 2 aromatic heterocycles. The van der Waals surface area contributed by atoms with Gasteiger partial charge in [-0.1, -0.05) is 109 Å². The first kappa shape index (κ1) is 52.1. The number of fused-ring (bicyclic) bond motifs is 8. The first-order valence-corrected chi connectivity index (χ1v) is 26.3. The number of alkyl halides is 2. The average molecular weight is 1080 g/mol. The molecular weight excluding hydrogens is 1030 g/mol. The number of esters is 2. The molecule has 0 amide bonds. The van der Waals surface area contributed by atoms with Crippen LogP contribution in [-0.4, -0.2) is 95.0 Å². The summed E-state index contributed by atoms with van der Waals surface area (Å²) < 4.78 is 33.6. The van der Waals surface area contributed by atoms with Gasteiger partial charge in [-0.15, -0.1) is 23.2 Å². The molecule has 0 aliphatic carbocycles. The number of carbonyl (C=O) groups excluding carboxylic acids is 4. The maximum atomic E-state index is 13.8. The van der Waals surface area contributed by atoms with E-state index in [0.717, 1.165) is 72.3 Å². The van der Waals surface area contributed by atoms with Crippen LogP contribution in [-0.2, 0) is 28.7 Å². The van der Waals surface area contributed by atoms with E-state index in [4.69, 9.17) is 63.2 Å². The molecular formula is C59H53Cl3N4O10. The standard InChI is InChI=1S/C30H27ClN2O5.C27H24N2O4.C2H2Cl2O/c1-2-36-30(35)29-25(18-8-4-3-5-9-18)26-21-10-6-7-11-22(21)32-27(26)28(33(29)16-20(34)15-31)19-12-13-23-24(14-19)38-17-37-23;1-2-31-27(30)26-22(16-8-4-3-5-9-16)23-18-10-6-7-11-19(18)28-25(23)24(29-26)17-12-13-20-21(14-17)33-15-32-20;3-1-2(4)5/h3-14,25,28-29,32H,2,15-17H2,1H3;3-14,22,24,26,28-29H,2,15H2,1H3;1H2/t25-,28-,29-;22-,24-,26-;/m11./s1. The lowest BCUT2D eigenvalue weighted by molar-refractivity contribution is -0.152. The SMILES string of the molecule is CCOC(=O)[C@@H]1N[C@H](c2ccc3c(c2)OCO3)c2[nH]c3ccccc3c2[C@H]1c1ccccc1.CCOC(=O)[C@H]1[C@H](c2ccccc2)c2c([nH]c3ccccc23)[C@@H](c2ccc3c(c2)OCO3)N1CC(=O)CCl.O=C(Cl)CCl. The summed E-state index contributed by atoms with van der Waals surface area (Å²) in [5.41, 5.74) is 9.99. The van der Waals surface area contributed by atoms with Gasteiger partial charge in [0, 0.05) is 45.0 Å². The number of hydrogen-bond donors (Lipinski definition) is 3. The van der Waals surface area contributed by atoms with Crippen molar-refractivity contribution in [2.24, 2.45) is 0 Å². The van der Waals surface area contributed by atoms with Crippen LogP contribution in [0.4, 0.5) is 0 Å². The Morgan fingerprint density at radius 1 is 0.566 bits per heavy atom. The molecule has 0 radical (unpaired) electrons. The van der Waals surface area contributed by atoms with Gasteiger partial charge in [0.05, 0.1) is 43.6 Å². The number of Topliss-reactive ketones (excluding diaryl/α,β-unsaturated/α-hetero) is 1. The first-order valence-electron chi connectivity index (χ1n) is 24.9. The molecule has 0 fully saturated rings. The predicted octanol–water partition coefficient (Wildman–Crippen LogP) is 10.8. The number of H-pyrrole nitrogens is 2. The predicted molar refractivity (Wildman–Crippen MR) is 290 cm³/mol. The van der Waals surface area contributed by atoms with Gasteiger partial charge in [-0.05, 0) is 95.2 Å². The highest BCUT2D eigenvalue weighted by Gasteiger charge is 2.49. The van der Waals surface area contributed by atoms with Gasteiger partial charge in [-0.25, -0.2) is 0 Å². The van der Waals surface area contributed by atoms with Crippen molar-refractivity contribution in [2.75, 3.05) is 45.1 Å². The average Bonchev–Trinajstić information content (AvgIpc) is 4.32. The quantitative estimate of drug-likeness (QED) is 0.0602. The number of ether oxygens (including phenoxy) is 6. The minimum absolute atomic E-state index is 0.0236. The number of hydrogen-bond acceptors (Lipinski definition) is 12. The van der Waals surface area contributed by atoms with Crippen LogP contribution in [0.25, 0.3) is 21.8 Å². The normalized spacial score (nSPS) is 19.8. The zero-order valence-corrected chi connectivity index (χ0v) is 43.7. The van der Waals surface area contributed by atoms with Crippen molar-refractivity contribution >= 4 is 79.6 Å².